The fraction of sp³-hybridized carbons (Fsp3) is 0.600. The number of unbranched alkanes of at least 4 members (excludes halogenated alkanes) is 4. The van der Waals surface area contributed by atoms with Gasteiger partial charge in [-0.1, -0.05) is 85.3 Å². The molecule has 0 radical (unpaired) electrons. The fourth-order valence-corrected chi connectivity index (χ4v) is 2.75. The van der Waals surface area contributed by atoms with Crippen molar-refractivity contribution in [2.45, 2.75) is 51.4 Å². The van der Waals surface area contributed by atoms with Gasteiger partial charge in [-0.3, -0.25) is 0 Å². The molecule has 0 heterocycles. The molecule has 0 nitrogen and oxygen atoms in total. The highest BCUT2D eigenvalue weighted by Crippen LogP contribution is 2.24. The van der Waals surface area contributed by atoms with Crippen LogP contribution in [0.3, 0.4) is 0 Å². The van der Waals surface area contributed by atoms with Crippen LogP contribution < -0.4 is 0 Å². The number of halogens is 1. The second-order valence-corrected chi connectivity index (χ2v) is 5.11. The summed E-state index contributed by atoms with van der Waals surface area (Å²) in [7, 11) is 0. The molecule has 0 saturated carbocycles. The highest BCUT2D eigenvalue weighted by atomic mass is 79.9. The monoisotopic (exact) mass is 282 g/mol. The van der Waals surface area contributed by atoms with E-state index >= 15 is 0 Å². The van der Waals surface area contributed by atoms with Gasteiger partial charge in [0, 0.05) is 5.33 Å². The lowest BCUT2D eigenvalue weighted by Crippen LogP contribution is -2.00. The van der Waals surface area contributed by atoms with Gasteiger partial charge in [0.25, 0.3) is 0 Å². The smallest absolute Gasteiger partial charge is 0.0100 e. The summed E-state index contributed by atoms with van der Waals surface area (Å²) in [6, 6.07) is 10.9. The molecule has 0 aromatic heterocycles. The molecule has 90 valence electrons. The molecular formula is C15H23Br. The van der Waals surface area contributed by atoms with Crippen molar-refractivity contribution in [1.29, 1.82) is 0 Å². The van der Waals surface area contributed by atoms with E-state index in [0.29, 0.717) is 5.92 Å². The number of hydrogen-bond acceptors (Lipinski definition) is 0. The Morgan fingerprint density at radius 3 is 2.31 bits per heavy atom. The van der Waals surface area contributed by atoms with Crippen LogP contribution in [0.5, 0.6) is 0 Å². The molecule has 1 atom stereocenters. The van der Waals surface area contributed by atoms with Gasteiger partial charge in [-0.05, 0) is 17.9 Å². The summed E-state index contributed by atoms with van der Waals surface area (Å²) in [6.07, 6.45) is 8.21. The van der Waals surface area contributed by atoms with Crippen LogP contribution in [0.15, 0.2) is 30.3 Å². The number of rotatable bonds is 8. The molecule has 1 heteroatoms. The Morgan fingerprint density at radius 1 is 1.00 bits per heavy atom. The van der Waals surface area contributed by atoms with Crippen molar-refractivity contribution in [3.63, 3.8) is 0 Å². The van der Waals surface area contributed by atoms with Gasteiger partial charge in [-0.25, -0.2) is 0 Å². The molecule has 0 aliphatic carbocycles. The Balaban J connectivity index is 2.27. The zero-order valence-corrected chi connectivity index (χ0v) is 11.9. The van der Waals surface area contributed by atoms with Crippen molar-refractivity contribution in [2.75, 3.05) is 5.33 Å². The average Bonchev–Trinajstić information content (AvgIpc) is 2.35. The third-order valence-corrected chi connectivity index (χ3v) is 3.89. The topological polar surface area (TPSA) is 0 Å². The Morgan fingerprint density at radius 2 is 1.69 bits per heavy atom. The van der Waals surface area contributed by atoms with E-state index in [2.05, 4.69) is 53.2 Å². The van der Waals surface area contributed by atoms with Crippen LogP contribution in [-0.2, 0) is 0 Å². The van der Waals surface area contributed by atoms with Crippen molar-refractivity contribution in [3.05, 3.63) is 35.9 Å². The van der Waals surface area contributed by atoms with Crippen LogP contribution in [0.2, 0.25) is 0 Å². The van der Waals surface area contributed by atoms with Crippen LogP contribution in [0, 0.1) is 0 Å². The predicted octanol–water partition coefficient (Wildman–Crippen LogP) is 5.53. The Bertz CT molecular complexity index is 255. The molecule has 0 N–H and O–H groups in total. The molecule has 0 amide bonds. The van der Waals surface area contributed by atoms with E-state index in [1.165, 1.54) is 44.1 Å². The van der Waals surface area contributed by atoms with Gasteiger partial charge >= 0.3 is 0 Å². The van der Waals surface area contributed by atoms with Crippen LogP contribution in [0.1, 0.15) is 56.9 Å². The van der Waals surface area contributed by atoms with E-state index in [-0.39, 0.29) is 0 Å². The molecule has 0 fully saturated rings. The molecule has 0 spiro atoms. The first-order valence-corrected chi connectivity index (χ1v) is 7.61. The molecule has 0 saturated heterocycles. The number of benzene rings is 1. The summed E-state index contributed by atoms with van der Waals surface area (Å²) in [4.78, 5) is 0. The normalized spacial score (nSPS) is 12.6. The van der Waals surface area contributed by atoms with Gasteiger partial charge in [0.05, 0.1) is 0 Å². The molecule has 0 aliphatic heterocycles. The first-order chi connectivity index (χ1) is 7.88. The molecule has 1 aromatic rings. The van der Waals surface area contributed by atoms with Crippen molar-refractivity contribution < 1.29 is 0 Å². The minimum atomic E-state index is 0.697. The van der Waals surface area contributed by atoms with E-state index in [1.807, 2.05) is 0 Å². The van der Waals surface area contributed by atoms with Gasteiger partial charge in [0.2, 0.25) is 0 Å². The highest BCUT2D eigenvalue weighted by molar-refractivity contribution is 9.09. The molecule has 16 heavy (non-hydrogen) atoms. The van der Waals surface area contributed by atoms with E-state index in [9.17, 15) is 0 Å². The minimum absolute atomic E-state index is 0.697. The SMILES string of the molecule is CCCCCCCC(CBr)c1ccccc1. The van der Waals surface area contributed by atoms with E-state index in [1.54, 1.807) is 0 Å². The van der Waals surface area contributed by atoms with Crippen LogP contribution >= 0.6 is 15.9 Å². The summed E-state index contributed by atoms with van der Waals surface area (Å²) in [5.74, 6) is 0.697. The molecule has 0 bridgehead atoms. The number of alkyl halides is 1. The molecular weight excluding hydrogens is 260 g/mol. The van der Waals surface area contributed by atoms with Crippen molar-refractivity contribution >= 4 is 15.9 Å². The van der Waals surface area contributed by atoms with Crippen molar-refractivity contribution in [1.82, 2.24) is 0 Å². The maximum atomic E-state index is 3.64. The average molecular weight is 283 g/mol. The maximum Gasteiger partial charge on any atom is 0.0100 e. The highest BCUT2D eigenvalue weighted by Gasteiger charge is 2.08. The lowest BCUT2D eigenvalue weighted by molar-refractivity contribution is 0.571. The third-order valence-electron chi connectivity index (χ3n) is 3.11. The molecule has 1 unspecified atom stereocenters. The minimum Gasteiger partial charge on any atom is -0.0921 e. The van der Waals surface area contributed by atoms with E-state index in [0.717, 1.165) is 5.33 Å². The summed E-state index contributed by atoms with van der Waals surface area (Å²) < 4.78 is 0. The second-order valence-electron chi connectivity index (χ2n) is 4.46. The van der Waals surface area contributed by atoms with E-state index in [4.69, 9.17) is 0 Å². The van der Waals surface area contributed by atoms with Crippen molar-refractivity contribution in [2.24, 2.45) is 0 Å². The lowest BCUT2D eigenvalue weighted by Gasteiger charge is -2.14. The van der Waals surface area contributed by atoms with Gasteiger partial charge in [0.1, 0.15) is 0 Å². The second kappa shape index (κ2) is 8.81. The third kappa shape index (κ3) is 5.16. The van der Waals surface area contributed by atoms with Crippen LogP contribution in [0.25, 0.3) is 0 Å². The van der Waals surface area contributed by atoms with Gasteiger partial charge in [0.15, 0.2) is 0 Å². The lowest BCUT2D eigenvalue weighted by atomic mass is 9.95. The van der Waals surface area contributed by atoms with E-state index < -0.39 is 0 Å². The van der Waals surface area contributed by atoms with Crippen LogP contribution in [-0.4, -0.2) is 5.33 Å². The summed E-state index contributed by atoms with van der Waals surface area (Å²) >= 11 is 3.64. The summed E-state index contributed by atoms with van der Waals surface area (Å²) in [5, 5.41) is 1.09. The van der Waals surface area contributed by atoms with Gasteiger partial charge in [-0.15, -0.1) is 0 Å². The van der Waals surface area contributed by atoms with Gasteiger partial charge in [-0.2, -0.15) is 0 Å². The fourth-order valence-electron chi connectivity index (χ4n) is 2.05. The van der Waals surface area contributed by atoms with Crippen LogP contribution in [0.4, 0.5) is 0 Å². The largest absolute Gasteiger partial charge is 0.0921 e. The standard InChI is InChI=1S/C15H23Br/c1-2-3-4-5-7-12-15(13-16)14-10-8-6-9-11-14/h6,8-11,15H,2-5,7,12-13H2,1H3. The predicted molar refractivity (Wildman–Crippen MR) is 76.4 cm³/mol. The Labute approximate surface area is 109 Å². The zero-order valence-electron chi connectivity index (χ0n) is 10.3. The first-order valence-electron chi connectivity index (χ1n) is 6.49. The maximum absolute atomic E-state index is 3.64. The Hall–Kier alpha value is -0.300. The quantitative estimate of drug-likeness (QED) is 0.435. The summed E-state index contributed by atoms with van der Waals surface area (Å²) in [5.41, 5.74) is 1.48. The van der Waals surface area contributed by atoms with Crippen molar-refractivity contribution in [3.8, 4) is 0 Å². The zero-order chi connectivity index (χ0) is 11.6. The van der Waals surface area contributed by atoms with Gasteiger partial charge < -0.3 is 0 Å². The first kappa shape index (κ1) is 13.8. The molecule has 1 rings (SSSR count). The Kier molecular flexibility index (Phi) is 7.58. The number of hydrogen-bond donors (Lipinski definition) is 0. The molecule has 1 aromatic carbocycles. The molecule has 0 aliphatic rings. The summed E-state index contributed by atoms with van der Waals surface area (Å²) in [6.45, 7) is 2.27.